The molecule has 1 aromatic rings. The third-order valence-electron chi connectivity index (χ3n) is 1.66. The van der Waals surface area contributed by atoms with Crippen LogP contribution in [0.4, 0.5) is 0 Å². The molecule has 0 saturated heterocycles. The van der Waals surface area contributed by atoms with E-state index >= 15 is 0 Å². The SMILES string of the molecule is C=C(CCO)C(=O)O.Cc1ccccc1.N=C=O.N=C=O. The van der Waals surface area contributed by atoms with Gasteiger partial charge in [0.1, 0.15) is 0 Å². The van der Waals surface area contributed by atoms with Crippen LogP contribution >= 0.6 is 0 Å². The molecule has 0 saturated carbocycles. The Morgan fingerprint density at radius 3 is 1.71 bits per heavy atom. The predicted octanol–water partition coefficient (Wildman–Crippen LogP) is 1.81. The van der Waals surface area contributed by atoms with Gasteiger partial charge in [-0.3, -0.25) is 0 Å². The average Bonchev–Trinajstić information content (AvgIpc) is 2.42. The summed E-state index contributed by atoms with van der Waals surface area (Å²) < 4.78 is 0. The van der Waals surface area contributed by atoms with Gasteiger partial charge in [0.25, 0.3) is 0 Å². The summed E-state index contributed by atoms with van der Waals surface area (Å²) in [4.78, 5) is 26.6. The molecule has 7 nitrogen and oxygen atoms in total. The number of aliphatic hydroxyl groups excluding tert-OH is 1. The van der Waals surface area contributed by atoms with E-state index in [1.54, 1.807) is 0 Å². The summed E-state index contributed by atoms with van der Waals surface area (Å²) >= 11 is 0. The number of carbonyl (C=O) groups is 1. The first kappa shape index (κ1) is 23.3. The first-order chi connectivity index (χ1) is 9.90. The number of rotatable bonds is 3. The van der Waals surface area contributed by atoms with Gasteiger partial charge in [-0.25, -0.2) is 25.2 Å². The lowest BCUT2D eigenvalue weighted by atomic mass is 10.2. The molecule has 0 amide bonds. The summed E-state index contributed by atoms with van der Waals surface area (Å²) in [5.74, 6) is -1.04. The van der Waals surface area contributed by atoms with Crippen LogP contribution in [-0.2, 0) is 14.4 Å². The third kappa shape index (κ3) is 26.7. The normalized spacial score (nSPS) is 6.95. The summed E-state index contributed by atoms with van der Waals surface area (Å²) in [5, 5.41) is 27.1. The van der Waals surface area contributed by atoms with Gasteiger partial charge in [0, 0.05) is 18.6 Å². The fraction of sp³-hybridized carbons (Fsp3) is 0.214. The second-order valence-electron chi connectivity index (χ2n) is 3.24. The van der Waals surface area contributed by atoms with Crippen LogP contribution in [0.2, 0.25) is 0 Å². The quantitative estimate of drug-likeness (QED) is 0.382. The van der Waals surface area contributed by atoms with E-state index < -0.39 is 5.97 Å². The first-order valence-electron chi connectivity index (χ1n) is 5.52. The molecule has 0 aliphatic rings. The summed E-state index contributed by atoms with van der Waals surface area (Å²) in [5.41, 5.74) is 1.37. The van der Waals surface area contributed by atoms with Crippen LogP contribution in [0.3, 0.4) is 0 Å². The standard InChI is InChI=1S/C7H8.C5H8O3.2CHNO/c1-7-5-3-2-4-6-7;1-4(2-3-6)5(7)8;2*2-1-3/h2-6H,1H3;6H,1-3H2,(H,7,8);2*2H. The number of carboxylic acids is 1. The van der Waals surface area contributed by atoms with E-state index in [0.29, 0.717) is 0 Å². The van der Waals surface area contributed by atoms with Gasteiger partial charge in [0.05, 0.1) is 0 Å². The monoisotopic (exact) mass is 294 g/mol. The van der Waals surface area contributed by atoms with Crippen LogP contribution in [0.15, 0.2) is 42.5 Å². The van der Waals surface area contributed by atoms with E-state index in [-0.39, 0.29) is 18.6 Å². The van der Waals surface area contributed by atoms with Crippen molar-refractivity contribution >= 4 is 18.1 Å². The molecule has 0 heterocycles. The maximum Gasteiger partial charge on any atom is 0.331 e. The van der Waals surface area contributed by atoms with Crippen molar-refractivity contribution in [3.63, 3.8) is 0 Å². The van der Waals surface area contributed by atoms with Crippen LogP contribution in [0.5, 0.6) is 0 Å². The predicted molar refractivity (Wildman–Crippen MR) is 76.5 cm³/mol. The van der Waals surface area contributed by atoms with Gasteiger partial charge < -0.3 is 10.2 Å². The molecule has 21 heavy (non-hydrogen) atoms. The molecular formula is C14H18N2O5. The van der Waals surface area contributed by atoms with Crippen LogP contribution in [-0.4, -0.2) is 34.9 Å². The molecule has 1 rings (SSSR count). The molecule has 114 valence electrons. The van der Waals surface area contributed by atoms with Crippen molar-refractivity contribution in [3.8, 4) is 0 Å². The van der Waals surface area contributed by atoms with E-state index in [0.717, 1.165) is 12.2 Å². The van der Waals surface area contributed by atoms with Gasteiger partial charge in [0.15, 0.2) is 0 Å². The Morgan fingerprint density at radius 1 is 1.19 bits per heavy atom. The number of aryl methyl sites for hydroxylation is 1. The number of carboxylic acid groups (broad SMARTS) is 1. The fourth-order valence-electron chi connectivity index (χ4n) is 0.776. The first-order valence-corrected chi connectivity index (χ1v) is 5.52. The molecule has 0 bridgehead atoms. The van der Waals surface area contributed by atoms with E-state index in [1.807, 2.05) is 18.2 Å². The molecule has 4 N–H and O–H groups in total. The molecule has 0 fully saturated rings. The largest absolute Gasteiger partial charge is 0.478 e. The molecule has 0 aliphatic heterocycles. The van der Waals surface area contributed by atoms with Crippen molar-refractivity contribution in [2.24, 2.45) is 0 Å². The zero-order chi connectivity index (χ0) is 17.1. The van der Waals surface area contributed by atoms with E-state index in [2.05, 4.69) is 25.6 Å². The number of isocyanates is 2. The van der Waals surface area contributed by atoms with Gasteiger partial charge in [-0.1, -0.05) is 42.5 Å². The number of carbonyl (C=O) groups excluding carboxylic acids is 2. The van der Waals surface area contributed by atoms with Crippen molar-refractivity contribution in [1.82, 2.24) is 0 Å². The average molecular weight is 294 g/mol. The number of hydrogen-bond acceptors (Lipinski definition) is 6. The highest BCUT2D eigenvalue weighted by Crippen LogP contribution is 1.94. The zero-order valence-electron chi connectivity index (χ0n) is 11.6. The molecule has 0 radical (unpaired) electrons. The summed E-state index contributed by atoms with van der Waals surface area (Å²) in [6.07, 6.45) is 1.65. The Balaban J connectivity index is -0.000000227. The topological polar surface area (TPSA) is 139 Å². The highest BCUT2D eigenvalue weighted by atomic mass is 16.4. The molecule has 0 spiro atoms. The molecule has 0 aliphatic carbocycles. The van der Waals surface area contributed by atoms with Crippen molar-refractivity contribution < 1.29 is 24.6 Å². The van der Waals surface area contributed by atoms with E-state index in [9.17, 15) is 4.79 Å². The molecule has 1 aromatic carbocycles. The lowest BCUT2D eigenvalue weighted by molar-refractivity contribution is -0.132. The number of hydrogen-bond donors (Lipinski definition) is 4. The Kier molecular flexibility index (Phi) is 21.6. The minimum atomic E-state index is -1.04. The Bertz CT molecular complexity index is 448. The lowest BCUT2D eigenvalue weighted by Crippen LogP contribution is -2.00. The number of aliphatic hydroxyl groups is 1. The fourth-order valence-corrected chi connectivity index (χ4v) is 0.776. The smallest absolute Gasteiger partial charge is 0.331 e. The minimum Gasteiger partial charge on any atom is -0.478 e. The number of nitrogens with one attached hydrogen (secondary N) is 2. The second kappa shape index (κ2) is 19.5. The number of aliphatic carboxylic acids is 1. The Morgan fingerprint density at radius 2 is 1.57 bits per heavy atom. The summed E-state index contributed by atoms with van der Waals surface area (Å²) in [6.45, 7) is 5.12. The van der Waals surface area contributed by atoms with Crippen molar-refractivity contribution in [1.29, 1.82) is 10.8 Å². The maximum absolute atomic E-state index is 9.88. The molecular weight excluding hydrogens is 276 g/mol. The van der Waals surface area contributed by atoms with Gasteiger partial charge in [-0.2, -0.15) is 0 Å². The lowest BCUT2D eigenvalue weighted by Gasteiger charge is -1.91. The van der Waals surface area contributed by atoms with Crippen LogP contribution in [0.25, 0.3) is 0 Å². The zero-order valence-corrected chi connectivity index (χ0v) is 11.6. The van der Waals surface area contributed by atoms with Crippen LogP contribution in [0.1, 0.15) is 12.0 Å². The van der Waals surface area contributed by atoms with Crippen LogP contribution < -0.4 is 0 Å². The van der Waals surface area contributed by atoms with E-state index in [4.69, 9.17) is 30.6 Å². The third-order valence-corrected chi connectivity index (χ3v) is 1.66. The molecule has 0 unspecified atom stereocenters. The Hall–Kier alpha value is -2.85. The summed E-state index contributed by atoms with van der Waals surface area (Å²) in [6, 6.07) is 10.3. The van der Waals surface area contributed by atoms with Gasteiger partial charge in [-0.05, 0) is 6.92 Å². The molecule has 0 aromatic heterocycles. The Labute approximate surface area is 122 Å². The highest BCUT2D eigenvalue weighted by molar-refractivity contribution is 5.85. The van der Waals surface area contributed by atoms with Gasteiger partial charge in [-0.15, -0.1) is 0 Å². The minimum absolute atomic E-state index is 0.0486. The van der Waals surface area contributed by atoms with E-state index in [1.165, 1.54) is 5.56 Å². The maximum atomic E-state index is 9.88. The highest BCUT2D eigenvalue weighted by Gasteiger charge is 1.99. The molecule has 7 heteroatoms. The van der Waals surface area contributed by atoms with Gasteiger partial charge >= 0.3 is 5.97 Å². The molecule has 0 atom stereocenters. The van der Waals surface area contributed by atoms with Crippen LogP contribution in [0, 0.1) is 17.7 Å². The van der Waals surface area contributed by atoms with Crippen molar-refractivity contribution in [2.75, 3.05) is 6.61 Å². The number of benzene rings is 1. The second-order valence-corrected chi connectivity index (χ2v) is 3.24. The van der Waals surface area contributed by atoms with Gasteiger partial charge in [0.2, 0.25) is 12.2 Å². The summed E-state index contributed by atoms with van der Waals surface area (Å²) in [7, 11) is 0. The van der Waals surface area contributed by atoms with Crippen molar-refractivity contribution in [2.45, 2.75) is 13.3 Å². The van der Waals surface area contributed by atoms with Crippen molar-refractivity contribution in [3.05, 3.63) is 48.0 Å².